The van der Waals surface area contributed by atoms with Crippen LogP contribution >= 0.6 is 0 Å². The van der Waals surface area contributed by atoms with E-state index >= 15 is 0 Å². The second kappa shape index (κ2) is 5.16. The van der Waals surface area contributed by atoms with E-state index < -0.39 is 0 Å². The lowest BCUT2D eigenvalue weighted by Crippen LogP contribution is -2.29. The van der Waals surface area contributed by atoms with Gasteiger partial charge in [-0.1, -0.05) is 17.7 Å². The Hall–Kier alpha value is -2.03. The van der Waals surface area contributed by atoms with E-state index in [2.05, 4.69) is 48.7 Å². The van der Waals surface area contributed by atoms with E-state index in [4.69, 9.17) is 0 Å². The summed E-state index contributed by atoms with van der Waals surface area (Å²) in [6.45, 7) is 4.22. The fraction of sp³-hybridized carbons (Fsp3) is 0.294. The molecule has 1 aliphatic heterocycles. The summed E-state index contributed by atoms with van der Waals surface area (Å²) < 4.78 is 13.5. The Balaban J connectivity index is 1.90. The zero-order valence-electron chi connectivity index (χ0n) is 11.8. The summed E-state index contributed by atoms with van der Waals surface area (Å²) in [4.78, 5) is 0. The number of halogens is 1. The first kappa shape index (κ1) is 13.0. The van der Waals surface area contributed by atoms with E-state index in [1.54, 1.807) is 6.07 Å². The maximum absolute atomic E-state index is 13.5. The first-order valence-electron chi connectivity index (χ1n) is 7.01. The SMILES string of the molecule is Cc1ccc(N[C@H]2C[C@H](C)Nc3ccc(F)cc32)cc1. The molecule has 2 atom stereocenters. The standard InChI is InChI=1S/C17H19FN2/c1-11-3-6-14(7-4-11)20-17-9-12(2)19-16-8-5-13(18)10-15(16)17/h3-8,10,12,17,19-20H,9H2,1-2H3/t12-,17-/m0/s1. The highest BCUT2D eigenvalue weighted by Crippen LogP contribution is 2.35. The third kappa shape index (κ3) is 2.62. The molecule has 2 aromatic rings. The number of hydrogen-bond acceptors (Lipinski definition) is 2. The minimum absolute atomic E-state index is 0.139. The average Bonchev–Trinajstić information content (AvgIpc) is 2.42. The molecule has 0 fully saturated rings. The lowest BCUT2D eigenvalue weighted by Gasteiger charge is -2.32. The molecule has 104 valence electrons. The maximum atomic E-state index is 13.5. The van der Waals surface area contributed by atoms with Crippen LogP contribution in [0, 0.1) is 12.7 Å². The second-order valence-electron chi connectivity index (χ2n) is 5.58. The Bertz CT molecular complexity index is 607. The Kier molecular flexibility index (Phi) is 3.35. The molecule has 3 rings (SSSR count). The number of aryl methyl sites for hydroxylation is 1. The Labute approximate surface area is 119 Å². The van der Waals surface area contributed by atoms with Gasteiger partial charge < -0.3 is 10.6 Å². The minimum Gasteiger partial charge on any atom is -0.382 e. The van der Waals surface area contributed by atoms with Gasteiger partial charge in [-0.3, -0.25) is 0 Å². The van der Waals surface area contributed by atoms with Gasteiger partial charge in [-0.25, -0.2) is 4.39 Å². The lowest BCUT2D eigenvalue weighted by atomic mass is 9.93. The molecule has 2 N–H and O–H groups in total. The van der Waals surface area contributed by atoms with Crippen LogP contribution in [0.4, 0.5) is 15.8 Å². The normalized spacial score (nSPS) is 20.9. The van der Waals surface area contributed by atoms with Crippen molar-refractivity contribution in [2.24, 2.45) is 0 Å². The van der Waals surface area contributed by atoms with Crippen molar-refractivity contribution in [3.05, 3.63) is 59.4 Å². The monoisotopic (exact) mass is 270 g/mol. The molecule has 0 saturated heterocycles. The largest absolute Gasteiger partial charge is 0.382 e. The Morgan fingerprint density at radius 1 is 1.15 bits per heavy atom. The van der Waals surface area contributed by atoms with Crippen molar-refractivity contribution in [2.45, 2.75) is 32.4 Å². The van der Waals surface area contributed by atoms with Crippen molar-refractivity contribution >= 4 is 11.4 Å². The summed E-state index contributed by atoms with van der Waals surface area (Å²) in [5.41, 5.74) is 4.34. The van der Waals surface area contributed by atoms with E-state index in [9.17, 15) is 4.39 Å². The molecule has 20 heavy (non-hydrogen) atoms. The molecule has 1 aliphatic rings. The topological polar surface area (TPSA) is 24.1 Å². The summed E-state index contributed by atoms with van der Waals surface area (Å²) in [5, 5.41) is 6.92. The fourth-order valence-electron chi connectivity index (χ4n) is 2.75. The van der Waals surface area contributed by atoms with E-state index in [0.29, 0.717) is 6.04 Å². The van der Waals surface area contributed by atoms with Gasteiger partial charge in [-0.15, -0.1) is 0 Å². The van der Waals surface area contributed by atoms with Crippen LogP contribution in [0.5, 0.6) is 0 Å². The molecule has 1 heterocycles. The van der Waals surface area contributed by atoms with Crippen LogP contribution in [-0.4, -0.2) is 6.04 Å². The molecule has 3 heteroatoms. The van der Waals surface area contributed by atoms with Crippen molar-refractivity contribution in [1.29, 1.82) is 0 Å². The van der Waals surface area contributed by atoms with Gasteiger partial charge in [0.25, 0.3) is 0 Å². The van der Waals surface area contributed by atoms with E-state index in [1.165, 1.54) is 11.6 Å². The van der Waals surface area contributed by atoms with Crippen LogP contribution in [0.15, 0.2) is 42.5 Å². The first-order valence-corrected chi connectivity index (χ1v) is 7.01. The van der Waals surface area contributed by atoms with Crippen LogP contribution in [-0.2, 0) is 0 Å². The zero-order valence-corrected chi connectivity index (χ0v) is 11.8. The lowest BCUT2D eigenvalue weighted by molar-refractivity contribution is 0.583. The van der Waals surface area contributed by atoms with Gasteiger partial charge in [0.15, 0.2) is 0 Å². The molecule has 2 nitrogen and oxygen atoms in total. The summed E-state index contributed by atoms with van der Waals surface area (Å²) in [5.74, 6) is -0.184. The van der Waals surface area contributed by atoms with Crippen molar-refractivity contribution in [3.63, 3.8) is 0 Å². The van der Waals surface area contributed by atoms with E-state index in [-0.39, 0.29) is 11.9 Å². The molecular formula is C17H19FN2. The minimum atomic E-state index is -0.184. The summed E-state index contributed by atoms with van der Waals surface area (Å²) in [6.07, 6.45) is 0.935. The van der Waals surface area contributed by atoms with Gasteiger partial charge in [0.2, 0.25) is 0 Å². The molecule has 0 saturated carbocycles. The molecule has 0 spiro atoms. The van der Waals surface area contributed by atoms with Gasteiger partial charge in [0.1, 0.15) is 5.82 Å². The van der Waals surface area contributed by atoms with Crippen molar-refractivity contribution < 1.29 is 4.39 Å². The molecule has 0 aromatic heterocycles. The number of benzene rings is 2. The Morgan fingerprint density at radius 2 is 1.90 bits per heavy atom. The van der Waals surface area contributed by atoms with E-state index in [0.717, 1.165) is 23.4 Å². The molecule has 0 bridgehead atoms. The number of rotatable bonds is 2. The third-order valence-electron chi connectivity index (χ3n) is 3.77. The molecule has 0 amide bonds. The van der Waals surface area contributed by atoms with Crippen molar-refractivity contribution in [1.82, 2.24) is 0 Å². The number of fused-ring (bicyclic) bond motifs is 1. The Morgan fingerprint density at radius 3 is 2.65 bits per heavy atom. The summed E-state index contributed by atoms with van der Waals surface area (Å²) in [7, 11) is 0. The van der Waals surface area contributed by atoms with E-state index in [1.807, 2.05) is 6.07 Å². The predicted octanol–water partition coefficient (Wildman–Crippen LogP) is 4.49. The summed E-state index contributed by atoms with van der Waals surface area (Å²) in [6, 6.07) is 13.8. The van der Waals surface area contributed by atoms with Crippen LogP contribution in [0.3, 0.4) is 0 Å². The predicted molar refractivity (Wildman–Crippen MR) is 81.6 cm³/mol. The highest BCUT2D eigenvalue weighted by Gasteiger charge is 2.24. The van der Waals surface area contributed by atoms with Gasteiger partial charge >= 0.3 is 0 Å². The fourth-order valence-corrected chi connectivity index (χ4v) is 2.75. The second-order valence-corrected chi connectivity index (χ2v) is 5.58. The smallest absolute Gasteiger partial charge is 0.123 e. The van der Waals surface area contributed by atoms with Crippen LogP contribution < -0.4 is 10.6 Å². The molecule has 0 aliphatic carbocycles. The van der Waals surface area contributed by atoms with Gasteiger partial charge in [-0.05, 0) is 50.6 Å². The van der Waals surface area contributed by atoms with Gasteiger partial charge in [0.05, 0.1) is 6.04 Å². The molecule has 2 aromatic carbocycles. The number of anilines is 2. The molecular weight excluding hydrogens is 251 g/mol. The maximum Gasteiger partial charge on any atom is 0.123 e. The zero-order chi connectivity index (χ0) is 14.1. The highest BCUT2D eigenvalue weighted by molar-refractivity contribution is 5.58. The van der Waals surface area contributed by atoms with Crippen LogP contribution in [0.1, 0.15) is 30.5 Å². The van der Waals surface area contributed by atoms with Crippen molar-refractivity contribution in [2.75, 3.05) is 10.6 Å². The average molecular weight is 270 g/mol. The van der Waals surface area contributed by atoms with Gasteiger partial charge in [-0.2, -0.15) is 0 Å². The quantitative estimate of drug-likeness (QED) is 0.840. The molecule has 0 radical (unpaired) electrons. The summed E-state index contributed by atoms with van der Waals surface area (Å²) >= 11 is 0. The first-order chi connectivity index (χ1) is 9.61. The van der Waals surface area contributed by atoms with Crippen LogP contribution in [0.25, 0.3) is 0 Å². The van der Waals surface area contributed by atoms with Crippen LogP contribution in [0.2, 0.25) is 0 Å². The highest BCUT2D eigenvalue weighted by atomic mass is 19.1. The van der Waals surface area contributed by atoms with Crippen molar-refractivity contribution in [3.8, 4) is 0 Å². The third-order valence-corrected chi connectivity index (χ3v) is 3.77. The molecule has 0 unspecified atom stereocenters. The van der Waals surface area contributed by atoms with Gasteiger partial charge in [0, 0.05) is 23.0 Å². The number of hydrogen-bond donors (Lipinski definition) is 2. The number of nitrogens with one attached hydrogen (secondary N) is 2.